The van der Waals surface area contributed by atoms with Crippen LogP contribution in [0.1, 0.15) is 29.5 Å². The first-order valence-electron chi connectivity index (χ1n) is 10.3. The van der Waals surface area contributed by atoms with Crippen molar-refractivity contribution in [2.75, 3.05) is 11.4 Å². The molecule has 0 amide bonds. The highest BCUT2D eigenvalue weighted by Crippen LogP contribution is 2.36. The van der Waals surface area contributed by atoms with Gasteiger partial charge in [-0.2, -0.15) is 0 Å². The Morgan fingerprint density at radius 3 is 2.48 bits per heavy atom. The van der Waals surface area contributed by atoms with E-state index in [1.165, 1.54) is 0 Å². The third-order valence-electron chi connectivity index (χ3n) is 5.34. The molecule has 8 heteroatoms. The first kappa shape index (κ1) is 24.7. The number of hydrogen-bond acceptors (Lipinski definition) is 4. The standard InChI is InChI=1S/C25H22N2O4S.HI/c28-23(29)9-8-17-4-3-6-20(25-26-12-15-32-25)21(17)16-18-10-13-27(14-11-24(30)31)22-7-2-1-5-19(18)22;/h1-7,10,12-13,15-16H,8-9,11,14H2,(H,28,29)(H,30,31);1H. The largest absolute Gasteiger partial charge is 1.00 e. The maximum absolute atomic E-state index is 11.2. The summed E-state index contributed by atoms with van der Waals surface area (Å²) in [5, 5.41) is 21.3. The number of anilines is 1. The molecule has 1 aliphatic heterocycles. The van der Waals surface area contributed by atoms with Gasteiger partial charge >= 0.3 is 11.9 Å². The van der Waals surface area contributed by atoms with Crippen LogP contribution in [0.5, 0.6) is 0 Å². The molecule has 3 N–H and O–H groups in total. The van der Waals surface area contributed by atoms with Crippen molar-refractivity contribution in [1.82, 2.24) is 0 Å². The Balaban J connectivity index is 0.00000306. The summed E-state index contributed by atoms with van der Waals surface area (Å²) >= 11 is 1.60. The van der Waals surface area contributed by atoms with E-state index in [0.717, 1.165) is 38.5 Å². The van der Waals surface area contributed by atoms with Gasteiger partial charge in [0.1, 0.15) is 0 Å². The highest BCUT2D eigenvalue weighted by molar-refractivity contribution is 7.12. The van der Waals surface area contributed by atoms with E-state index in [0.29, 0.717) is 13.0 Å². The third-order valence-corrected chi connectivity index (χ3v) is 6.19. The number of nitrogens with one attached hydrogen (secondary N) is 1. The van der Waals surface area contributed by atoms with Gasteiger partial charge in [0.05, 0.1) is 17.4 Å². The van der Waals surface area contributed by atoms with Gasteiger partial charge in [0.2, 0.25) is 0 Å². The summed E-state index contributed by atoms with van der Waals surface area (Å²) in [6, 6.07) is 13.9. The number of thiazole rings is 1. The predicted octanol–water partition coefficient (Wildman–Crippen LogP) is 1.60. The molecule has 0 atom stereocenters. The Labute approximate surface area is 212 Å². The molecule has 0 spiro atoms. The molecule has 0 aliphatic carbocycles. The predicted molar refractivity (Wildman–Crippen MR) is 125 cm³/mol. The first-order valence-corrected chi connectivity index (χ1v) is 11.2. The maximum Gasteiger partial charge on any atom is 0.305 e. The fourth-order valence-corrected chi connectivity index (χ4v) is 4.54. The van der Waals surface area contributed by atoms with Crippen molar-refractivity contribution in [3.8, 4) is 10.6 Å². The lowest BCUT2D eigenvalue weighted by Crippen LogP contribution is -3.00. The van der Waals surface area contributed by atoms with Gasteiger partial charge in [0.15, 0.2) is 6.20 Å². The van der Waals surface area contributed by atoms with E-state index in [9.17, 15) is 14.7 Å². The zero-order valence-corrected chi connectivity index (χ0v) is 20.7. The lowest BCUT2D eigenvalue weighted by molar-refractivity contribution is -0.358. The molecule has 6 nitrogen and oxygen atoms in total. The van der Waals surface area contributed by atoms with E-state index in [1.807, 2.05) is 71.2 Å². The Kier molecular flexibility index (Phi) is 8.40. The Morgan fingerprint density at radius 1 is 1.00 bits per heavy atom. The van der Waals surface area contributed by atoms with E-state index >= 15 is 0 Å². The van der Waals surface area contributed by atoms with E-state index in [1.54, 1.807) is 11.3 Å². The van der Waals surface area contributed by atoms with Gasteiger partial charge in [-0.05, 0) is 47.4 Å². The molecule has 170 valence electrons. The second-order valence-electron chi connectivity index (χ2n) is 7.44. The number of aliphatic carboxylic acids is 2. The molecule has 0 saturated heterocycles. The second-order valence-corrected chi connectivity index (χ2v) is 8.35. The lowest BCUT2D eigenvalue weighted by Gasteiger charge is -2.27. The van der Waals surface area contributed by atoms with Gasteiger partial charge in [0, 0.05) is 30.4 Å². The number of rotatable bonds is 8. The minimum Gasteiger partial charge on any atom is -1.00 e. The van der Waals surface area contributed by atoms with Gasteiger partial charge in [0.25, 0.3) is 5.01 Å². The van der Waals surface area contributed by atoms with E-state index in [-0.39, 0.29) is 36.8 Å². The third kappa shape index (κ3) is 5.88. The smallest absolute Gasteiger partial charge is 0.305 e. The molecule has 0 unspecified atom stereocenters. The summed E-state index contributed by atoms with van der Waals surface area (Å²) in [5.74, 6) is -1.66. The van der Waals surface area contributed by atoms with Crippen LogP contribution >= 0.6 is 11.3 Å². The molecule has 0 fully saturated rings. The fraction of sp³-hybridized carbons (Fsp3) is 0.160. The average Bonchev–Trinajstić information content (AvgIpc) is 3.32. The van der Waals surface area contributed by atoms with Crippen molar-refractivity contribution in [1.29, 1.82) is 0 Å². The molecule has 2 heterocycles. The van der Waals surface area contributed by atoms with Crippen LogP contribution < -0.4 is 33.9 Å². The van der Waals surface area contributed by atoms with E-state index in [2.05, 4.69) is 11.1 Å². The number of halogens is 1. The van der Waals surface area contributed by atoms with Gasteiger partial charge < -0.3 is 39.1 Å². The second kappa shape index (κ2) is 11.2. The van der Waals surface area contributed by atoms with Crippen LogP contribution in [0.4, 0.5) is 5.69 Å². The van der Waals surface area contributed by atoms with Crippen molar-refractivity contribution in [2.45, 2.75) is 19.3 Å². The van der Waals surface area contributed by atoms with Gasteiger partial charge in [-0.25, -0.2) is 4.98 Å². The van der Waals surface area contributed by atoms with Crippen LogP contribution in [0.25, 0.3) is 22.2 Å². The molecular formula is C25H23IN2O4S. The molecule has 1 aromatic heterocycles. The Morgan fingerprint density at radius 2 is 1.76 bits per heavy atom. The zero-order chi connectivity index (χ0) is 22.5. The Bertz CT molecular complexity index is 1200. The monoisotopic (exact) mass is 574 g/mol. The zero-order valence-electron chi connectivity index (χ0n) is 17.7. The highest BCUT2D eigenvalue weighted by atomic mass is 127. The molecule has 0 bridgehead atoms. The van der Waals surface area contributed by atoms with Crippen LogP contribution in [0.2, 0.25) is 0 Å². The number of para-hydroxylation sites is 1. The summed E-state index contributed by atoms with van der Waals surface area (Å²) in [5.41, 5.74) is 5.94. The summed E-state index contributed by atoms with van der Waals surface area (Å²) in [4.78, 5) is 27.5. The number of aryl methyl sites for hydroxylation is 1. The molecule has 3 aromatic rings. The quantitative estimate of drug-likeness (QED) is 0.399. The van der Waals surface area contributed by atoms with Crippen LogP contribution in [-0.2, 0) is 16.0 Å². The minimum absolute atomic E-state index is 0. The van der Waals surface area contributed by atoms with Crippen molar-refractivity contribution in [3.05, 3.63) is 83.0 Å². The minimum atomic E-state index is -0.832. The lowest BCUT2D eigenvalue weighted by atomic mass is 9.92. The van der Waals surface area contributed by atoms with Crippen molar-refractivity contribution in [3.63, 3.8) is 0 Å². The molecule has 1 aliphatic rings. The number of carbonyl (C=O) groups is 2. The SMILES string of the molecule is O=C(O)CCc1cccc(-c2[nH+]ccs2)c1C=C1C=CN(CCC(=O)O)c2ccccc21.[I-]. The molecule has 4 rings (SSSR count). The van der Waals surface area contributed by atoms with Crippen LogP contribution in [0.3, 0.4) is 0 Å². The van der Waals surface area contributed by atoms with Gasteiger partial charge in [-0.1, -0.05) is 41.7 Å². The highest BCUT2D eigenvalue weighted by Gasteiger charge is 2.20. The van der Waals surface area contributed by atoms with Crippen molar-refractivity contribution in [2.24, 2.45) is 0 Å². The number of carboxylic acid groups (broad SMARTS) is 2. The topological polar surface area (TPSA) is 92.0 Å². The number of carboxylic acids is 2. The number of aromatic amines is 1. The number of benzene rings is 2. The summed E-state index contributed by atoms with van der Waals surface area (Å²) in [6.45, 7) is 0.390. The number of nitrogens with zero attached hydrogens (tertiary/aromatic N) is 1. The fourth-order valence-electron chi connectivity index (χ4n) is 3.83. The summed E-state index contributed by atoms with van der Waals surface area (Å²) < 4.78 is 0. The first-order chi connectivity index (χ1) is 15.5. The maximum atomic E-state index is 11.2. The summed E-state index contributed by atoms with van der Waals surface area (Å²) in [7, 11) is 0. The van der Waals surface area contributed by atoms with Gasteiger partial charge in [-0.15, -0.1) is 0 Å². The van der Waals surface area contributed by atoms with E-state index in [4.69, 9.17) is 5.11 Å². The van der Waals surface area contributed by atoms with Crippen LogP contribution in [0.15, 0.2) is 66.3 Å². The number of hydrogen-bond donors (Lipinski definition) is 2. The van der Waals surface area contributed by atoms with Crippen molar-refractivity contribution >= 4 is 40.6 Å². The Hall–Kier alpha value is -2.98. The van der Waals surface area contributed by atoms with Crippen LogP contribution in [0, 0.1) is 0 Å². The molecule has 0 saturated carbocycles. The average molecular weight is 574 g/mol. The number of fused-ring (bicyclic) bond motifs is 1. The molecule has 33 heavy (non-hydrogen) atoms. The van der Waals surface area contributed by atoms with Crippen molar-refractivity contribution < 1.29 is 48.8 Å². The van der Waals surface area contributed by atoms with Crippen LogP contribution in [-0.4, -0.2) is 28.7 Å². The normalized spacial score (nSPS) is 13.5. The number of allylic oxidation sites excluding steroid dienone is 2. The molecular weight excluding hydrogens is 551 g/mol. The molecule has 2 aromatic carbocycles. The number of H-pyrrole nitrogens is 1. The number of aromatic nitrogens is 1. The van der Waals surface area contributed by atoms with Gasteiger partial charge in [-0.3, -0.25) is 9.59 Å². The summed E-state index contributed by atoms with van der Waals surface area (Å²) in [6.07, 6.45) is 8.43. The molecule has 0 radical (unpaired) electrons. The van der Waals surface area contributed by atoms with E-state index < -0.39 is 11.9 Å².